The van der Waals surface area contributed by atoms with Gasteiger partial charge in [0.1, 0.15) is 0 Å². The lowest BCUT2D eigenvalue weighted by Gasteiger charge is -2.18. The Hall–Kier alpha value is -1.06. The van der Waals surface area contributed by atoms with Crippen molar-refractivity contribution in [2.45, 2.75) is 24.8 Å². The van der Waals surface area contributed by atoms with Gasteiger partial charge in [-0.1, -0.05) is 12.1 Å². The molecule has 0 spiro atoms. The van der Waals surface area contributed by atoms with Crippen molar-refractivity contribution in [1.82, 2.24) is 4.90 Å². The van der Waals surface area contributed by atoms with Crippen LogP contribution in [0.5, 0.6) is 0 Å². The minimum Gasteiger partial charge on any atom is -0.393 e. The number of likely N-dealkylation sites (tertiary alicyclic amines) is 1. The highest BCUT2D eigenvalue weighted by atomic mass is 35.5. The number of fused-ring (bicyclic) bond motifs is 1. The smallest absolute Gasteiger partial charge is 0.253 e. The zero-order chi connectivity index (χ0) is 13.4. The normalized spacial score (nSPS) is 29.6. The Morgan fingerprint density at radius 3 is 2.95 bits per heavy atom. The molecule has 2 aliphatic rings. The summed E-state index contributed by atoms with van der Waals surface area (Å²) < 4.78 is 0. The summed E-state index contributed by atoms with van der Waals surface area (Å²) in [6, 6.07) is 7.49. The summed E-state index contributed by atoms with van der Waals surface area (Å²) in [7, 11) is 0. The van der Waals surface area contributed by atoms with E-state index in [4.69, 9.17) is 11.6 Å². The molecule has 4 heteroatoms. The molecule has 1 saturated carbocycles. The zero-order valence-electron chi connectivity index (χ0n) is 10.8. The molecule has 1 amide bonds. The Morgan fingerprint density at radius 2 is 2.21 bits per heavy atom. The molecule has 0 bridgehead atoms. The van der Waals surface area contributed by atoms with Crippen LogP contribution in [0.25, 0.3) is 0 Å². The molecule has 3 atom stereocenters. The van der Waals surface area contributed by atoms with Crippen molar-refractivity contribution in [3.63, 3.8) is 0 Å². The van der Waals surface area contributed by atoms with E-state index in [1.165, 1.54) is 0 Å². The lowest BCUT2D eigenvalue weighted by atomic mass is 10.00. The Bertz CT molecular complexity index is 491. The van der Waals surface area contributed by atoms with Crippen LogP contribution in [0.1, 0.15) is 28.8 Å². The van der Waals surface area contributed by atoms with Gasteiger partial charge in [0.05, 0.1) is 6.10 Å². The largest absolute Gasteiger partial charge is 0.393 e. The van der Waals surface area contributed by atoms with Crippen LogP contribution in [0.3, 0.4) is 0 Å². The maximum Gasteiger partial charge on any atom is 0.253 e. The fourth-order valence-electron chi connectivity index (χ4n) is 3.37. The lowest BCUT2D eigenvalue weighted by molar-refractivity contribution is 0.0752. The van der Waals surface area contributed by atoms with Gasteiger partial charge in [0, 0.05) is 30.5 Å². The molecule has 1 aliphatic carbocycles. The first-order valence-corrected chi connectivity index (χ1v) is 7.34. The number of aliphatic hydroxyl groups is 1. The SMILES string of the molecule is O=C(c1cccc(CCl)c1)N1CC2CCC(O)C2C1. The van der Waals surface area contributed by atoms with Gasteiger partial charge in [-0.3, -0.25) is 4.79 Å². The summed E-state index contributed by atoms with van der Waals surface area (Å²) in [5.41, 5.74) is 1.67. The number of benzene rings is 1. The van der Waals surface area contributed by atoms with Crippen LogP contribution in [0.2, 0.25) is 0 Å². The molecule has 1 aliphatic heterocycles. The highest BCUT2D eigenvalue weighted by Gasteiger charge is 2.43. The second-order valence-corrected chi connectivity index (χ2v) is 5.88. The Kier molecular flexibility index (Phi) is 3.50. The molecule has 3 unspecified atom stereocenters. The summed E-state index contributed by atoms with van der Waals surface area (Å²) in [5.74, 6) is 1.24. The van der Waals surface area contributed by atoms with Crippen molar-refractivity contribution in [3.05, 3.63) is 35.4 Å². The summed E-state index contributed by atoms with van der Waals surface area (Å²) in [5, 5.41) is 9.90. The number of rotatable bonds is 2. The van der Waals surface area contributed by atoms with Crippen molar-refractivity contribution >= 4 is 17.5 Å². The van der Waals surface area contributed by atoms with Crippen molar-refractivity contribution < 1.29 is 9.90 Å². The highest BCUT2D eigenvalue weighted by Crippen LogP contribution is 2.38. The third-order valence-corrected chi connectivity index (χ3v) is 4.74. The average Bonchev–Trinajstić information content (AvgIpc) is 3.01. The maximum absolute atomic E-state index is 12.5. The first-order chi connectivity index (χ1) is 9.19. The number of halogens is 1. The predicted molar refractivity (Wildman–Crippen MR) is 74.1 cm³/mol. The molecule has 0 aromatic heterocycles. The Labute approximate surface area is 118 Å². The summed E-state index contributed by atoms with van der Waals surface area (Å²) in [6.07, 6.45) is 1.70. The fourth-order valence-corrected chi connectivity index (χ4v) is 3.54. The summed E-state index contributed by atoms with van der Waals surface area (Å²) >= 11 is 5.80. The topological polar surface area (TPSA) is 40.5 Å². The lowest BCUT2D eigenvalue weighted by Crippen LogP contribution is -2.31. The molecule has 1 heterocycles. The van der Waals surface area contributed by atoms with E-state index in [-0.39, 0.29) is 17.9 Å². The summed E-state index contributed by atoms with van der Waals surface area (Å²) in [4.78, 5) is 14.3. The van der Waals surface area contributed by atoms with E-state index in [0.29, 0.717) is 23.9 Å². The van der Waals surface area contributed by atoms with Crippen LogP contribution < -0.4 is 0 Å². The van der Waals surface area contributed by atoms with Gasteiger partial charge in [0.2, 0.25) is 0 Å². The van der Waals surface area contributed by atoms with Crippen LogP contribution in [-0.4, -0.2) is 35.1 Å². The van der Waals surface area contributed by atoms with Crippen molar-refractivity contribution in [2.24, 2.45) is 11.8 Å². The molecule has 102 valence electrons. The van der Waals surface area contributed by atoms with E-state index in [1.807, 2.05) is 29.2 Å². The van der Waals surface area contributed by atoms with Gasteiger partial charge >= 0.3 is 0 Å². The van der Waals surface area contributed by atoms with E-state index in [2.05, 4.69) is 0 Å². The number of carbonyl (C=O) groups is 1. The number of hydrogen-bond donors (Lipinski definition) is 1. The van der Waals surface area contributed by atoms with Crippen LogP contribution in [0.15, 0.2) is 24.3 Å². The molecule has 1 N–H and O–H groups in total. The molecule has 19 heavy (non-hydrogen) atoms. The van der Waals surface area contributed by atoms with Crippen molar-refractivity contribution in [1.29, 1.82) is 0 Å². The van der Waals surface area contributed by atoms with Gasteiger partial charge in [-0.2, -0.15) is 0 Å². The first-order valence-electron chi connectivity index (χ1n) is 6.81. The second kappa shape index (κ2) is 5.14. The number of nitrogens with zero attached hydrogens (tertiary/aromatic N) is 1. The maximum atomic E-state index is 12.5. The van der Waals surface area contributed by atoms with Crippen molar-refractivity contribution in [2.75, 3.05) is 13.1 Å². The van der Waals surface area contributed by atoms with Gasteiger partial charge < -0.3 is 10.0 Å². The third-order valence-electron chi connectivity index (χ3n) is 4.43. The van der Waals surface area contributed by atoms with Crippen LogP contribution in [0, 0.1) is 11.8 Å². The quantitative estimate of drug-likeness (QED) is 0.844. The molecule has 3 nitrogen and oxygen atoms in total. The van der Waals surface area contributed by atoms with E-state index >= 15 is 0 Å². The molecule has 1 saturated heterocycles. The highest BCUT2D eigenvalue weighted by molar-refractivity contribution is 6.17. The predicted octanol–water partition coefficient (Wildman–Crippen LogP) is 2.27. The minimum atomic E-state index is -0.225. The minimum absolute atomic E-state index is 0.0635. The molecule has 1 aromatic rings. The van der Waals surface area contributed by atoms with Crippen LogP contribution >= 0.6 is 11.6 Å². The monoisotopic (exact) mass is 279 g/mol. The van der Waals surface area contributed by atoms with Gasteiger partial charge in [0.15, 0.2) is 0 Å². The summed E-state index contributed by atoms with van der Waals surface area (Å²) in [6.45, 7) is 1.47. The van der Waals surface area contributed by atoms with Gasteiger partial charge in [-0.15, -0.1) is 11.6 Å². The van der Waals surface area contributed by atoms with Crippen LogP contribution in [-0.2, 0) is 5.88 Å². The van der Waals surface area contributed by atoms with E-state index in [9.17, 15) is 9.90 Å². The molecule has 1 aromatic carbocycles. The van der Waals surface area contributed by atoms with Gasteiger partial charge in [-0.25, -0.2) is 0 Å². The number of carbonyl (C=O) groups excluding carboxylic acids is 1. The average molecular weight is 280 g/mol. The number of aliphatic hydroxyl groups excluding tert-OH is 1. The van der Waals surface area contributed by atoms with Gasteiger partial charge in [0.25, 0.3) is 5.91 Å². The first kappa shape index (κ1) is 12.9. The number of hydrogen-bond acceptors (Lipinski definition) is 2. The van der Waals surface area contributed by atoms with Crippen molar-refractivity contribution in [3.8, 4) is 0 Å². The molecular weight excluding hydrogens is 262 g/mol. The third kappa shape index (κ3) is 2.37. The second-order valence-electron chi connectivity index (χ2n) is 5.61. The van der Waals surface area contributed by atoms with E-state index in [1.54, 1.807) is 0 Å². The van der Waals surface area contributed by atoms with E-state index < -0.39 is 0 Å². The number of amides is 1. The van der Waals surface area contributed by atoms with E-state index in [0.717, 1.165) is 24.9 Å². The van der Waals surface area contributed by atoms with Gasteiger partial charge in [-0.05, 0) is 36.5 Å². The molecule has 2 fully saturated rings. The molecular formula is C15H18ClNO2. The molecule has 0 radical (unpaired) electrons. The Balaban J connectivity index is 1.74. The standard InChI is InChI=1S/C15H18ClNO2/c16-7-10-2-1-3-11(6-10)15(19)17-8-12-4-5-14(18)13(12)9-17/h1-3,6,12-14,18H,4-5,7-9H2. The number of alkyl halides is 1. The zero-order valence-corrected chi connectivity index (χ0v) is 11.5. The Morgan fingerprint density at radius 1 is 1.37 bits per heavy atom. The molecule has 3 rings (SSSR count). The van der Waals surface area contributed by atoms with Crippen LogP contribution in [0.4, 0.5) is 0 Å². The fraction of sp³-hybridized carbons (Fsp3) is 0.533.